The molecule has 158 valence electrons. The second kappa shape index (κ2) is 10.6. The Hall–Kier alpha value is -4.13. The van der Waals surface area contributed by atoms with E-state index < -0.39 is 11.9 Å². The van der Waals surface area contributed by atoms with E-state index in [1.165, 1.54) is 18.2 Å². The Morgan fingerprint density at radius 3 is 2.61 bits per heavy atom. The summed E-state index contributed by atoms with van der Waals surface area (Å²) in [4.78, 5) is 27.8. The minimum absolute atomic E-state index is 0.0253. The molecule has 31 heavy (non-hydrogen) atoms. The van der Waals surface area contributed by atoms with E-state index in [2.05, 4.69) is 10.3 Å². The minimum atomic E-state index is -1.11. The zero-order chi connectivity index (χ0) is 22.1. The number of amides is 1. The number of carbonyl (C=O) groups is 2. The Bertz CT molecular complexity index is 1080. The summed E-state index contributed by atoms with van der Waals surface area (Å²) in [5.74, 6) is -0.417. The number of aromatic carboxylic acids is 1. The molecule has 1 aromatic heterocycles. The number of benzene rings is 2. The number of para-hydroxylation sites is 1. The van der Waals surface area contributed by atoms with Gasteiger partial charge in [0.1, 0.15) is 0 Å². The molecule has 7 nitrogen and oxygen atoms in total. The molecule has 0 aliphatic carbocycles. The zero-order valence-corrected chi connectivity index (χ0v) is 16.9. The summed E-state index contributed by atoms with van der Waals surface area (Å²) in [5, 5.41) is 11.8. The predicted molar refractivity (Wildman–Crippen MR) is 117 cm³/mol. The lowest BCUT2D eigenvalue weighted by atomic mass is 10.1. The first kappa shape index (κ1) is 21.6. The zero-order valence-electron chi connectivity index (χ0n) is 16.9. The van der Waals surface area contributed by atoms with Gasteiger partial charge in [0.25, 0.3) is 0 Å². The highest BCUT2D eigenvalue weighted by molar-refractivity contribution is 6.06. The van der Waals surface area contributed by atoms with E-state index in [9.17, 15) is 14.7 Å². The average Bonchev–Trinajstić information content (AvgIpc) is 2.79. The Kier molecular flexibility index (Phi) is 7.37. The lowest BCUT2D eigenvalue weighted by molar-refractivity contribution is -0.111. The van der Waals surface area contributed by atoms with Crippen LogP contribution < -0.4 is 14.8 Å². The van der Waals surface area contributed by atoms with Gasteiger partial charge in [0, 0.05) is 24.4 Å². The molecule has 0 unspecified atom stereocenters. The van der Waals surface area contributed by atoms with Gasteiger partial charge in [0.15, 0.2) is 11.5 Å². The van der Waals surface area contributed by atoms with E-state index in [0.717, 1.165) is 11.3 Å². The number of nitrogens with one attached hydrogen (secondary N) is 1. The van der Waals surface area contributed by atoms with Gasteiger partial charge in [-0.2, -0.15) is 0 Å². The number of pyridine rings is 1. The molecule has 0 saturated carbocycles. The molecule has 0 spiro atoms. The fraction of sp³-hybridized carbons (Fsp3) is 0.125. The summed E-state index contributed by atoms with van der Waals surface area (Å²) in [5.41, 5.74) is 1.92. The van der Waals surface area contributed by atoms with E-state index in [0.29, 0.717) is 24.5 Å². The molecule has 2 N–H and O–H groups in total. The molecule has 1 amide bonds. The van der Waals surface area contributed by atoms with E-state index in [1.807, 2.05) is 18.2 Å². The molecule has 0 radical (unpaired) electrons. The summed E-state index contributed by atoms with van der Waals surface area (Å²) in [7, 11) is 1.56. The number of carboxylic acids is 1. The number of ether oxygens (including phenoxy) is 2. The maximum Gasteiger partial charge on any atom is 0.337 e. The molecule has 0 atom stereocenters. The van der Waals surface area contributed by atoms with Crippen molar-refractivity contribution < 1.29 is 24.2 Å². The number of nitrogens with zero attached hydrogens (tertiary/aromatic N) is 1. The molecule has 7 heteroatoms. The SMILES string of the molecule is COc1ccc(/C=C/C(=O)Nc2ccccc2C(=O)O)cc1OCCc1ccccn1. The van der Waals surface area contributed by atoms with Crippen LogP contribution in [0.4, 0.5) is 5.69 Å². The van der Waals surface area contributed by atoms with Crippen LogP contribution in [-0.2, 0) is 11.2 Å². The number of carbonyl (C=O) groups excluding carboxylic acids is 1. The van der Waals surface area contributed by atoms with E-state index in [-0.39, 0.29) is 11.3 Å². The van der Waals surface area contributed by atoms with Gasteiger partial charge in [-0.05, 0) is 48.0 Å². The third-order valence-electron chi connectivity index (χ3n) is 4.37. The summed E-state index contributed by atoms with van der Waals surface area (Å²) >= 11 is 0. The molecule has 0 aliphatic rings. The minimum Gasteiger partial charge on any atom is -0.493 e. The summed E-state index contributed by atoms with van der Waals surface area (Å²) < 4.78 is 11.2. The Labute approximate surface area is 180 Å². The smallest absolute Gasteiger partial charge is 0.337 e. The third kappa shape index (κ3) is 6.17. The Balaban J connectivity index is 1.65. The van der Waals surface area contributed by atoms with Crippen molar-refractivity contribution >= 4 is 23.6 Å². The molecule has 3 aromatic rings. The molecule has 2 aromatic carbocycles. The standard InChI is InChI=1S/C24H22N2O5/c1-30-21-11-9-17(16-22(21)31-15-13-18-6-4-5-14-25-18)10-12-23(27)26-20-8-3-2-7-19(20)24(28)29/h2-12,14,16H,13,15H2,1H3,(H,26,27)(H,28,29)/b12-10+. The second-order valence-corrected chi connectivity index (χ2v) is 6.50. The van der Waals surface area contributed by atoms with Gasteiger partial charge in [0.2, 0.25) is 5.91 Å². The van der Waals surface area contributed by atoms with E-state index in [1.54, 1.807) is 49.7 Å². The fourth-order valence-corrected chi connectivity index (χ4v) is 2.85. The first-order valence-corrected chi connectivity index (χ1v) is 9.59. The molecule has 0 aliphatic heterocycles. The van der Waals surface area contributed by atoms with Gasteiger partial charge in [0.05, 0.1) is 25.0 Å². The topological polar surface area (TPSA) is 97.8 Å². The third-order valence-corrected chi connectivity index (χ3v) is 4.37. The maximum atomic E-state index is 12.2. The highest BCUT2D eigenvalue weighted by Crippen LogP contribution is 2.28. The molecule has 1 heterocycles. The van der Waals surface area contributed by atoms with Gasteiger partial charge in [-0.25, -0.2) is 4.79 Å². The van der Waals surface area contributed by atoms with Gasteiger partial charge < -0.3 is 19.9 Å². The molecular weight excluding hydrogens is 396 g/mol. The monoisotopic (exact) mass is 418 g/mol. The predicted octanol–water partition coefficient (Wildman–Crippen LogP) is 4.06. The van der Waals surface area contributed by atoms with E-state index >= 15 is 0 Å². The van der Waals surface area contributed by atoms with Crippen molar-refractivity contribution in [3.63, 3.8) is 0 Å². The van der Waals surface area contributed by atoms with Crippen LogP contribution in [0.25, 0.3) is 6.08 Å². The summed E-state index contributed by atoms with van der Waals surface area (Å²) in [6.07, 6.45) is 5.33. The van der Waals surface area contributed by atoms with Crippen LogP contribution in [0.2, 0.25) is 0 Å². The van der Waals surface area contributed by atoms with Crippen LogP contribution in [0.3, 0.4) is 0 Å². The number of anilines is 1. The van der Waals surface area contributed by atoms with Crippen molar-refractivity contribution in [3.05, 3.63) is 89.8 Å². The van der Waals surface area contributed by atoms with Crippen LogP contribution in [0, 0.1) is 0 Å². The lowest BCUT2D eigenvalue weighted by Gasteiger charge is -2.11. The number of methoxy groups -OCH3 is 1. The normalized spacial score (nSPS) is 10.6. The van der Waals surface area contributed by atoms with E-state index in [4.69, 9.17) is 9.47 Å². The number of hydrogen-bond acceptors (Lipinski definition) is 5. The molecule has 0 saturated heterocycles. The van der Waals surface area contributed by atoms with Gasteiger partial charge >= 0.3 is 5.97 Å². The summed E-state index contributed by atoms with van der Waals surface area (Å²) in [6, 6.07) is 17.3. The highest BCUT2D eigenvalue weighted by Gasteiger charge is 2.10. The van der Waals surface area contributed by atoms with Crippen LogP contribution in [-0.4, -0.2) is 35.7 Å². The molecular formula is C24H22N2O5. The second-order valence-electron chi connectivity index (χ2n) is 6.50. The molecule has 3 rings (SSSR count). The lowest BCUT2D eigenvalue weighted by Crippen LogP contribution is -2.11. The first-order chi connectivity index (χ1) is 15.1. The fourth-order valence-electron chi connectivity index (χ4n) is 2.85. The average molecular weight is 418 g/mol. The molecule has 0 fully saturated rings. The number of carboxylic acid groups (broad SMARTS) is 1. The number of rotatable bonds is 9. The number of hydrogen-bond donors (Lipinski definition) is 2. The van der Waals surface area contributed by atoms with Crippen LogP contribution in [0.1, 0.15) is 21.6 Å². The quantitative estimate of drug-likeness (QED) is 0.509. The van der Waals surface area contributed by atoms with Crippen LogP contribution in [0.15, 0.2) is 72.9 Å². The van der Waals surface area contributed by atoms with Crippen LogP contribution >= 0.6 is 0 Å². The largest absolute Gasteiger partial charge is 0.493 e. The van der Waals surface area contributed by atoms with Crippen molar-refractivity contribution in [1.82, 2.24) is 4.98 Å². The van der Waals surface area contributed by atoms with Crippen molar-refractivity contribution in [2.24, 2.45) is 0 Å². The Morgan fingerprint density at radius 1 is 1.06 bits per heavy atom. The first-order valence-electron chi connectivity index (χ1n) is 9.59. The van der Waals surface area contributed by atoms with Crippen molar-refractivity contribution in [3.8, 4) is 11.5 Å². The van der Waals surface area contributed by atoms with Gasteiger partial charge in [-0.3, -0.25) is 9.78 Å². The van der Waals surface area contributed by atoms with Gasteiger partial charge in [-0.15, -0.1) is 0 Å². The van der Waals surface area contributed by atoms with Gasteiger partial charge in [-0.1, -0.05) is 24.3 Å². The summed E-state index contributed by atoms with van der Waals surface area (Å²) in [6.45, 7) is 0.424. The molecule has 0 bridgehead atoms. The van der Waals surface area contributed by atoms with Crippen molar-refractivity contribution in [1.29, 1.82) is 0 Å². The number of aromatic nitrogens is 1. The van der Waals surface area contributed by atoms with Crippen molar-refractivity contribution in [2.45, 2.75) is 6.42 Å². The Morgan fingerprint density at radius 2 is 1.87 bits per heavy atom. The van der Waals surface area contributed by atoms with Crippen LogP contribution in [0.5, 0.6) is 11.5 Å². The maximum absolute atomic E-state index is 12.2. The van der Waals surface area contributed by atoms with Crippen molar-refractivity contribution in [2.75, 3.05) is 19.0 Å². The highest BCUT2D eigenvalue weighted by atomic mass is 16.5.